The van der Waals surface area contributed by atoms with E-state index in [9.17, 15) is 4.79 Å². The average Bonchev–Trinajstić information content (AvgIpc) is 3.17. The number of hydrogen-bond donors (Lipinski definition) is 0. The van der Waals surface area contributed by atoms with Crippen molar-refractivity contribution in [2.24, 2.45) is 0 Å². The molecule has 7 heteroatoms. The number of aromatic nitrogens is 4. The third kappa shape index (κ3) is 2.85. The average molecular weight is 394 g/mol. The molecule has 1 fully saturated rings. The molecule has 4 aromatic rings. The lowest BCUT2D eigenvalue weighted by Gasteiger charge is -2.26. The summed E-state index contributed by atoms with van der Waals surface area (Å²) in [4.78, 5) is 15.6. The summed E-state index contributed by atoms with van der Waals surface area (Å²) in [5.74, 6) is 1.35. The molecule has 142 valence electrons. The first-order valence-corrected chi connectivity index (χ1v) is 9.96. The van der Waals surface area contributed by atoms with Crippen LogP contribution in [0.2, 0.25) is 5.02 Å². The van der Waals surface area contributed by atoms with Gasteiger partial charge in [0.25, 0.3) is 5.56 Å². The molecule has 1 saturated heterocycles. The fourth-order valence-corrected chi connectivity index (χ4v) is 4.15. The molecule has 0 unspecified atom stereocenters. The van der Waals surface area contributed by atoms with Gasteiger partial charge in [-0.2, -0.15) is 0 Å². The van der Waals surface area contributed by atoms with E-state index in [0.29, 0.717) is 22.7 Å². The van der Waals surface area contributed by atoms with E-state index in [1.165, 1.54) is 6.42 Å². The van der Waals surface area contributed by atoms with Gasteiger partial charge >= 0.3 is 0 Å². The van der Waals surface area contributed by atoms with Gasteiger partial charge in [-0.25, -0.2) is 4.40 Å². The van der Waals surface area contributed by atoms with Gasteiger partial charge in [-0.05, 0) is 43.0 Å². The second-order valence-electron chi connectivity index (χ2n) is 7.22. The predicted molar refractivity (Wildman–Crippen MR) is 111 cm³/mol. The van der Waals surface area contributed by atoms with E-state index in [4.69, 9.17) is 11.6 Å². The number of nitrogens with zero attached hydrogens (tertiary/aromatic N) is 5. The van der Waals surface area contributed by atoms with Crippen molar-refractivity contribution in [1.29, 1.82) is 0 Å². The minimum absolute atomic E-state index is 0.105. The number of piperidine rings is 1. The second-order valence-corrected chi connectivity index (χ2v) is 7.66. The molecule has 2 aromatic carbocycles. The monoisotopic (exact) mass is 393 g/mol. The van der Waals surface area contributed by atoms with E-state index in [2.05, 4.69) is 15.1 Å². The van der Waals surface area contributed by atoms with Crippen LogP contribution in [0.3, 0.4) is 0 Å². The van der Waals surface area contributed by atoms with Crippen molar-refractivity contribution >= 4 is 34.2 Å². The highest BCUT2D eigenvalue weighted by Crippen LogP contribution is 2.24. The lowest BCUT2D eigenvalue weighted by Crippen LogP contribution is -2.31. The molecule has 0 aliphatic carbocycles. The molecular formula is C21H20ClN5O. The summed E-state index contributed by atoms with van der Waals surface area (Å²) in [6.07, 6.45) is 3.52. The zero-order valence-corrected chi connectivity index (χ0v) is 16.1. The van der Waals surface area contributed by atoms with Gasteiger partial charge < -0.3 is 4.90 Å². The maximum absolute atomic E-state index is 13.3. The fraction of sp³-hybridized carbons (Fsp3) is 0.286. The molecule has 1 aliphatic rings. The Morgan fingerprint density at radius 1 is 0.964 bits per heavy atom. The SMILES string of the molecule is O=c1c2cc(Cl)ccc2n2c(N3CCCCC3)nnc2n1Cc1ccccc1. The standard InChI is InChI=1S/C21H20ClN5O/c22-16-9-10-18-17(13-16)19(28)26(14-15-7-3-1-4-8-15)21-24-23-20(27(18)21)25-11-5-2-6-12-25/h1,3-4,7-10,13H,2,5-6,11-12,14H2. The van der Waals surface area contributed by atoms with Crippen molar-refractivity contribution in [3.05, 3.63) is 69.5 Å². The van der Waals surface area contributed by atoms with Crippen LogP contribution in [0.4, 0.5) is 5.95 Å². The van der Waals surface area contributed by atoms with Crippen LogP contribution in [0.1, 0.15) is 24.8 Å². The van der Waals surface area contributed by atoms with Crippen molar-refractivity contribution in [3.8, 4) is 0 Å². The zero-order valence-electron chi connectivity index (χ0n) is 15.4. The molecule has 0 radical (unpaired) electrons. The van der Waals surface area contributed by atoms with Crippen molar-refractivity contribution < 1.29 is 0 Å². The number of benzene rings is 2. The smallest absolute Gasteiger partial charge is 0.263 e. The fourth-order valence-electron chi connectivity index (χ4n) is 3.98. The van der Waals surface area contributed by atoms with Crippen molar-refractivity contribution in [1.82, 2.24) is 19.2 Å². The first kappa shape index (κ1) is 17.3. The maximum Gasteiger partial charge on any atom is 0.263 e. The van der Waals surface area contributed by atoms with Crippen LogP contribution >= 0.6 is 11.6 Å². The quantitative estimate of drug-likeness (QED) is 0.532. The van der Waals surface area contributed by atoms with Gasteiger partial charge in [0, 0.05) is 18.1 Å². The topological polar surface area (TPSA) is 55.4 Å². The molecule has 0 amide bonds. The first-order valence-electron chi connectivity index (χ1n) is 9.58. The lowest BCUT2D eigenvalue weighted by molar-refractivity contribution is 0.567. The number of halogens is 1. The maximum atomic E-state index is 13.3. The Balaban J connectivity index is 1.79. The molecule has 0 N–H and O–H groups in total. The van der Waals surface area contributed by atoms with Gasteiger partial charge in [-0.1, -0.05) is 41.9 Å². The van der Waals surface area contributed by atoms with E-state index in [-0.39, 0.29) is 5.56 Å². The molecular weight excluding hydrogens is 374 g/mol. The molecule has 0 bridgehead atoms. The van der Waals surface area contributed by atoms with E-state index in [1.54, 1.807) is 10.6 Å². The third-order valence-electron chi connectivity index (χ3n) is 5.37. The molecule has 3 heterocycles. The highest BCUT2D eigenvalue weighted by molar-refractivity contribution is 6.31. The Bertz CT molecular complexity index is 1210. The number of anilines is 1. The van der Waals surface area contributed by atoms with Crippen LogP contribution in [0, 0.1) is 0 Å². The molecule has 28 heavy (non-hydrogen) atoms. The largest absolute Gasteiger partial charge is 0.341 e. The zero-order chi connectivity index (χ0) is 19.1. The molecule has 5 rings (SSSR count). The van der Waals surface area contributed by atoms with E-state index < -0.39 is 0 Å². The molecule has 0 atom stereocenters. The summed E-state index contributed by atoms with van der Waals surface area (Å²) in [6, 6.07) is 15.4. The summed E-state index contributed by atoms with van der Waals surface area (Å²) in [6.45, 7) is 2.34. The van der Waals surface area contributed by atoms with Gasteiger partial charge in [-0.3, -0.25) is 9.36 Å². The Kier molecular flexibility index (Phi) is 4.28. The van der Waals surface area contributed by atoms with Crippen LogP contribution in [-0.4, -0.2) is 32.3 Å². The first-order chi connectivity index (χ1) is 13.7. The summed E-state index contributed by atoms with van der Waals surface area (Å²) < 4.78 is 3.69. The Labute approximate surface area is 167 Å². The predicted octanol–water partition coefficient (Wildman–Crippen LogP) is 3.74. The van der Waals surface area contributed by atoms with Crippen LogP contribution < -0.4 is 10.5 Å². The van der Waals surface area contributed by atoms with E-state index in [1.807, 2.05) is 46.9 Å². The van der Waals surface area contributed by atoms with Crippen LogP contribution in [0.5, 0.6) is 0 Å². The number of hydrogen-bond acceptors (Lipinski definition) is 4. The van der Waals surface area contributed by atoms with Crippen molar-refractivity contribution in [2.45, 2.75) is 25.8 Å². The molecule has 1 aliphatic heterocycles. The highest BCUT2D eigenvalue weighted by atomic mass is 35.5. The lowest BCUT2D eigenvalue weighted by atomic mass is 10.1. The van der Waals surface area contributed by atoms with Gasteiger partial charge in [0.2, 0.25) is 11.7 Å². The van der Waals surface area contributed by atoms with E-state index in [0.717, 1.165) is 43.0 Å². The Morgan fingerprint density at radius 2 is 1.75 bits per heavy atom. The minimum Gasteiger partial charge on any atom is -0.341 e. The Morgan fingerprint density at radius 3 is 2.54 bits per heavy atom. The molecule has 0 spiro atoms. The summed E-state index contributed by atoms with van der Waals surface area (Å²) in [5.41, 5.74) is 1.72. The van der Waals surface area contributed by atoms with Crippen molar-refractivity contribution in [3.63, 3.8) is 0 Å². The van der Waals surface area contributed by atoms with Gasteiger partial charge in [-0.15, -0.1) is 10.2 Å². The summed E-state index contributed by atoms with van der Waals surface area (Å²) in [5, 5.41) is 10.0. The third-order valence-corrected chi connectivity index (χ3v) is 5.60. The van der Waals surface area contributed by atoms with Gasteiger partial charge in [0.1, 0.15) is 0 Å². The van der Waals surface area contributed by atoms with Crippen LogP contribution in [0.25, 0.3) is 16.7 Å². The minimum atomic E-state index is -0.105. The molecule has 6 nitrogen and oxygen atoms in total. The summed E-state index contributed by atoms with van der Waals surface area (Å²) in [7, 11) is 0. The normalized spacial score (nSPS) is 14.8. The molecule has 0 saturated carbocycles. The van der Waals surface area contributed by atoms with Gasteiger partial charge in [0.05, 0.1) is 17.4 Å². The number of rotatable bonds is 3. The van der Waals surface area contributed by atoms with E-state index >= 15 is 0 Å². The second kappa shape index (κ2) is 6.95. The highest BCUT2D eigenvalue weighted by Gasteiger charge is 2.22. The van der Waals surface area contributed by atoms with Crippen molar-refractivity contribution in [2.75, 3.05) is 18.0 Å². The van der Waals surface area contributed by atoms with Crippen LogP contribution in [0.15, 0.2) is 53.3 Å². The Hall–Kier alpha value is -2.86. The van der Waals surface area contributed by atoms with Crippen LogP contribution in [-0.2, 0) is 6.54 Å². The summed E-state index contributed by atoms with van der Waals surface area (Å²) >= 11 is 6.22. The van der Waals surface area contributed by atoms with Gasteiger partial charge in [0.15, 0.2) is 0 Å². The molecule has 2 aromatic heterocycles. The number of fused-ring (bicyclic) bond motifs is 3.